The monoisotopic (exact) mass is 173 g/mol. The topological polar surface area (TPSA) is 58.6 Å². The van der Waals surface area contributed by atoms with Gasteiger partial charge in [-0.05, 0) is 25.9 Å². The van der Waals surface area contributed by atoms with Gasteiger partial charge in [-0.25, -0.2) is 0 Å². The zero-order chi connectivity index (χ0) is 8.81. The van der Waals surface area contributed by atoms with Gasteiger partial charge < -0.3 is 15.2 Å². The zero-order valence-electron chi connectivity index (χ0n) is 7.08. The molecule has 0 radical (unpaired) electrons. The third-order valence-corrected chi connectivity index (χ3v) is 1.96. The van der Waals surface area contributed by atoms with Crippen LogP contribution in [0.3, 0.4) is 0 Å². The van der Waals surface area contributed by atoms with Crippen molar-refractivity contribution < 1.29 is 14.6 Å². The standard InChI is InChI=1S/C8H15NO3/c10-8(11)3-6-12-7-1-4-9-5-2-7/h7,9H,1-6H2,(H,10,11). The number of piperidine rings is 1. The summed E-state index contributed by atoms with van der Waals surface area (Å²) >= 11 is 0. The molecule has 1 rings (SSSR count). The van der Waals surface area contributed by atoms with Crippen LogP contribution in [0.25, 0.3) is 0 Å². The second-order valence-electron chi connectivity index (χ2n) is 2.96. The molecule has 12 heavy (non-hydrogen) atoms. The molecule has 0 spiro atoms. The molecule has 2 N–H and O–H groups in total. The average molecular weight is 173 g/mol. The molecule has 1 saturated heterocycles. The summed E-state index contributed by atoms with van der Waals surface area (Å²) in [7, 11) is 0. The number of carboxylic acid groups (broad SMARTS) is 1. The molecule has 0 aromatic carbocycles. The second-order valence-corrected chi connectivity index (χ2v) is 2.96. The molecule has 1 fully saturated rings. The van der Waals surface area contributed by atoms with Crippen molar-refractivity contribution in [3.63, 3.8) is 0 Å². The maximum atomic E-state index is 10.1. The highest BCUT2D eigenvalue weighted by atomic mass is 16.5. The summed E-state index contributed by atoms with van der Waals surface area (Å²) in [5.41, 5.74) is 0. The third-order valence-electron chi connectivity index (χ3n) is 1.96. The highest BCUT2D eigenvalue weighted by Gasteiger charge is 2.12. The second kappa shape index (κ2) is 5.11. The van der Waals surface area contributed by atoms with E-state index in [9.17, 15) is 4.79 Å². The van der Waals surface area contributed by atoms with Crippen molar-refractivity contribution in [3.8, 4) is 0 Å². The van der Waals surface area contributed by atoms with Crippen molar-refractivity contribution in [2.24, 2.45) is 0 Å². The number of ether oxygens (including phenoxy) is 1. The normalized spacial score (nSPS) is 19.3. The van der Waals surface area contributed by atoms with E-state index in [1.54, 1.807) is 0 Å². The van der Waals surface area contributed by atoms with Crippen LogP contribution in [0.4, 0.5) is 0 Å². The minimum atomic E-state index is -0.788. The Kier molecular flexibility index (Phi) is 4.04. The first kappa shape index (κ1) is 9.48. The Morgan fingerprint density at radius 1 is 1.50 bits per heavy atom. The maximum Gasteiger partial charge on any atom is 0.305 e. The van der Waals surface area contributed by atoms with Gasteiger partial charge in [0.1, 0.15) is 0 Å². The number of nitrogens with one attached hydrogen (secondary N) is 1. The largest absolute Gasteiger partial charge is 0.481 e. The summed E-state index contributed by atoms with van der Waals surface area (Å²) in [6, 6.07) is 0. The first-order valence-electron chi connectivity index (χ1n) is 4.33. The Morgan fingerprint density at radius 3 is 2.75 bits per heavy atom. The molecule has 0 saturated carbocycles. The average Bonchev–Trinajstić information content (AvgIpc) is 2.05. The minimum absolute atomic E-state index is 0.115. The predicted octanol–water partition coefficient (Wildman–Crippen LogP) is 0.230. The Hall–Kier alpha value is -0.610. The van der Waals surface area contributed by atoms with Crippen LogP contribution in [0, 0.1) is 0 Å². The van der Waals surface area contributed by atoms with Crippen LogP contribution >= 0.6 is 0 Å². The molecule has 1 aliphatic heterocycles. The van der Waals surface area contributed by atoms with E-state index in [1.165, 1.54) is 0 Å². The van der Waals surface area contributed by atoms with Crippen molar-refractivity contribution >= 4 is 5.97 Å². The first-order chi connectivity index (χ1) is 5.79. The molecular weight excluding hydrogens is 158 g/mol. The van der Waals surface area contributed by atoms with E-state index in [0.29, 0.717) is 6.61 Å². The van der Waals surface area contributed by atoms with Gasteiger partial charge in [0, 0.05) is 0 Å². The van der Waals surface area contributed by atoms with Crippen LogP contribution in [0.5, 0.6) is 0 Å². The lowest BCUT2D eigenvalue weighted by Gasteiger charge is -2.22. The number of carboxylic acids is 1. The first-order valence-corrected chi connectivity index (χ1v) is 4.33. The highest BCUT2D eigenvalue weighted by Crippen LogP contribution is 2.06. The summed E-state index contributed by atoms with van der Waals surface area (Å²) in [5.74, 6) is -0.788. The van der Waals surface area contributed by atoms with Crippen molar-refractivity contribution in [1.29, 1.82) is 0 Å². The smallest absolute Gasteiger partial charge is 0.305 e. The molecule has 1 aliphatic rings. The van der Waals surface area contributed by atoms with Gasteiger partial charge in [-0.3, -0.25) is 4.79 Å². The van der Waals surface area contributed by atoms with E-state index in [4.69, 9.17) is 9.84 Å². The van der Waals surface area contributed by atoms with Crippen LogP contribution in [-0.4, -0.2) is 36.9 Å². The van der Waals surface area contributed by atoms with E-state index in [2.05, 4.69) is 5.32 Å². The van der Waals surface area contributed by atoms with Crippen LogP contribution in [0.1, 0.15) is 19.3 Å². The number of hydrogen-bond acceptors (Lipinski definition) is 3. The number of carbonyl (C=O) groups is 1. The van der Waals surface area contributed by atoms with Crippen molar-refractivity contribution in [3.05, 3.63) is 0 Å². The van der Waals surface area contributed by atoms with Gasteiger partial charge in [-0.1, -0.05) is 0 Å². The molecular formula is C8H15NO3. The summed E-state index contributed by atoms with van der Waals surface area (Å²) < 4.78 is 5.37. The molecule has 0 unspecified atom stereocenters. The van der Waals surface area contributed by atoms with E-state index >= 15 is 0 Å². The van der Waals surface area contributed by atoms with Gasteiger partial charge in [0.25, 0.3) is 0 Å². The fourth-order valence-electron chi connectivity index (χ4n) is 1.28. The van der Waals surface area contributed by atoms with E-state index in [-0.39, 0.29) is 12.5 Å². The summed E-state index contributed by atoms with van der Waals surface area (Å²) in [6.45, 7) is 2.31. The van der Waals surface area contributed by atoms with E-state index in [1.807, 2.05) is 0 Å². The molecule has 0 aliphatic carbocycles. The third kappa shape index (κ3) is 3.69. The number of rotatable bonds is 4. The predicted molar refractivity (Wildman–Crippen MR) is 44.1 cm³/mol. The fourth-order valence-corrected chi connectivity index (χ4v) is 1.28. The molecule has 0 bridgehead atoms. The van der Waals surface area contributed by atoms with Gasteiger partial charge in [-0.15, -0.1) is 0 Å². The van der Waals surface area contributed by atoms with Gasteiger partial charge in [0.15, 0.2) is 0 Å². The molecule has 4 nitrogen and oxygen atoms in total. The van der Waals surface area contributed by atoms with Gasteiger partial charge in [0.05, 0.1) is 19.1 Å². The molecule has 4 heteroatoms. The lowest BCUT2D eigenvalue weighted by molar-refractivity contribution is -0.138. The molecule has 1 heterocycles. The van der Waals surface area contributed by atoms with E-state index in [0.717, 1.165) is 25.9 Å². The van der Waals surface area contributed by atoms with Crippen LogP contribution in [-0.2, 0) is 9.53 Å². The van der Waals surface area contributed by atoms with Crippen molar-refractivity contribution in [2.45, 2.75) is 25.4 Å². The molecule has 0 amide bonds. The summed E-state index contributed by atoms with van der Waals surface area (Å²) in [6.07, 6.45) is 2.38. The highest BCUT2D eigenvalue weighted by molar-refractivity contribution is 5.66. The van der Waals surface area contributed by atoms with Crippen molar-refractivity contribution in [2.75, 3.05) is 19.7 Å². The zero-order valence-corrected chi connectivity index (χ0v) is 7.08. The lowest BCUT2D eigenvalue weighted by Crippen LogP contribution is -2.32. The molecule has 70 valence electrons. The fraction of sp³-hybridized carbons (Fsp3) is 0.875. The Morgan fingerprint density at radius 2 is 2.17 bits per heavy atom. The molecule has 0 aromatic rings. The van der Waals surface area contributed by atoms with E-state index < -0.39 is 5.97 Å². The Labute approximate surface area is 71.9 Å². The number of aliphatic carboxylic acids is 1. The quantitative estimate of drug-likeness (QED) is 0.639. The molecule has 0 atom stereocenters. The van der Waals surface area contributed by atoms with Gasteiger partial charge in [0.2, 0.25) is 0 Å². The maximum absolute atomic E-state index is 10.1. The summed E-state index contributed by atoms with van der Waals surface area (Å²) in [4.78, 5) is 10.1. The minimum Gasteiger partial charge on any atom is -0.481 e. The van der Waals surface area contributed by atoms with Crippen LogP contribution in [0.2, 0.25) is 0 Å². The Balaban J connectivity index is 2.01. The Bertz CT molecular complexity index is 143. The lowest BCUT2D eigenvalue weighted by atomic mass is 10.1. The van der Waals surface area contributed by atoms with Gasteiger partial charge >= 0.3 is 5.97 Å². The summed E-state index contributed by atoms with van der Waals surface area (Å²) in [5, 5.41) is 11.6. The van der Waals surface area contributed by atoms with Crippen LogP contribution in [0.15, 0.2) is 0 Å². The van der Waals surface area contributed by atoms with Gasteiger partial charge in [-0.2, -0.15) is 0 Å². The number of hydrogen-bond donors (Lipinski definition) is 2. The SMILES string of the molecule is O=C(O)CCOC1CCNCC1. The van der Waals surface area contributed by atoms with Crippen molar-refractivity contribution in [1.82, 2.24) is 5.32 Å². The van der Waals surface area contributed by atoms with Crippen LogP contribution < -0.4 is 5.32 Å². The molecule has 0 aromatic heterocycles.